The van der Waals surface area contributed by atoms with Gasteiger partial charge in [-0.2, -0.15) is 0 Å². The lowest BCUT2D eigenvalue weighted by Gasteiger charge is -2.39. The van der Waals surface area contributed by atoms with Crippen molar-refractivity contribution < 1.29 is 14.3 Å². The lowest BCUT2D eigenvalue weighted by Crippen LogP contribution is -2.45. The molecule has 3 nitrogen and oxygen atoms in total. The maximum Gasteiger partial charge on any atom is 0.305 e. The van der Waals surface area contributed by atoms with Crippen LogP contribution < -0.4 is 0 Å². The van der Waals surface area contributed by atoms with E-state index in [0.717, 1.165) is 12.8 Å². The Morgan fingerprint density at radius 3 is 2.25 bits per heavy atom. The summed E-state index contributed by atoms with van der Waals surface area (Å²) < 4.78 is 6.20. The number of rotatable bonds is 5. The second-order valence-corrected chi connectivity index (χ2v) is 11.1. The molecule has 0 amide bonds. The Morgan fingerprint density at radius 1 is 1.44 bits per heavy atom. The highest BCUT2D eigenvalue weighted by atomic mass is 28.4. The molecule has 1 saturated carbocycles. The van der Waals surface area contributed by atoms with Gasteiger partial charge in [-0.25, -0.2) is 0 Å². The first-order valence-corrected chi connectivity index (χ1v) is 8.94. The van der Waals surface area contributed by atoms with Gasteiger partial charge in [0.05, 0.1) is 12.5 Å². The van der Waals surface area contributed by atoms with Gasteiger partial charge in [-0.05, 0) is 36.9 Å². The van der Waals surface area contributed by atoms with Crippen LogP contribution in [0.2, 0.25) is 18.1 Å². The number of aliphatic carboxylic acids is 1. The maximum absolute atomic E-state index is 10.8. The number of carboxylic acids is 1. The van der Waals surface area contributed by atoms with Gasteiger partial charge in [0, 0.05) is 0 Å². The fourth-order valence-electron chi connectivity index (χ4n) is 1.50. The van der Waals surface area contributed by atoms with Gasteiger partial charge in [0.2, 0.25) is 0 Å². The highest BCUT2D eigenvalue weighted by Gasteiger charge is 2.43. The minimum Gasteiger partial charge on any atom is -0.481 e. The molecule has 0 aromatic carbocycles. The second-order valence-electron chi connectivity index (χ2n) is 6.35. The van der Waals surface area contributed by atoms with E-state index in [0.29, 0.717) is 5.92 Å². The van der Waals surface area contributed by atoms with Gasteiger partial charge < -0.3 is 9.53 Å². The Balaban J connectivity index is 2.64. The Bertz CT molecular complexity index is 264. The summed E-state index contributed by atoms with van der Waals surface area (Å²) in [5.74, 6) is -0.249. The fourth-order valence-corrected chi connectivity index (χ4v) is 2.89. The topological polar surface area (TPSA) is 46.5 Å². The van der Waals surface area contributed by atoms with E-state index in [1.54, 1.807) is 0 Å². The summed E-state index contributed by atoms with van der Waals surface area (Å²) in [7, 11) is -1.82. The molecule has 94 valence electrons. The minimum absolute atomic E-state index is 0.0570. The van der Waals surface area contributed by atoms with Crippen molar-refractivity contribution in [3.63, 3.8) is 0 Å². The molecule has 1 rings (SSSR count). The lowest BCUT2D eigenvalue weighted by atomic mass is 10.2. The van der Waals surface area contributed by atoms with E-state index in [1.807, 2.05) is 0 Å². The first-order chi connectivity index (χ1) is 7.13. The van der Waals surface area contributed by atoms with Crippen LogP contribution >= 0.6 is 0 Å². The molecule has 4 heteroatoms. The third-order valence-corrected chi connectivity index (χ3v) is 8.28. The van der Waals surface area contributed by atoms with Crippen molar-refractivity contribution in [1.29, 1.82) is 0 Å². The van der Waals surface area contributed by atoms with Crippen molar-refractivity contribution in [1.82, 2.24) is 0 Å². The quantitative estimate of drug-likeness (QED) is 0.755. The van der Waals surface area contributed by atoms with Crippen LogP contribution in [0, 0.1) is 5.92 Å². The molecule has 0 radical (unpaired) electrons. The van der Waals surface area contributed by atoms with E-state index in [2.05, 4.69) is 33.9 Å². The van der Waals surface area contributed by atoms with Gasteiger partial charge in [0.1, 0.15) is 0 Å². The van der Waals surface area contributed by atoms with E-state index in [9.17, 15) is 4.79 Å². The van der Waals surface area contributed by atoms with Gasteiger partial charge in [-0.3, -0.25) is 4.79 Å². The molecular weight excluding hydrogens is 220 g/mol. The Kier molecular flexibility index (Phi) is 3.85. The predicted molar refractivity (Wildman–Crippen MR) is 67.0 cm³/mol. The van der Waals surface area contributed by atoms with Crippen LogP contribution in [0.15, 0.2) is 0 Å². The molecule has 16 heavy (non-hydrogen) atoms. The molecule has 0 bridgehead atoms. The van der Waals surface area contributed by atoms with Gasteiger partial charge in [-0.15, -0.1) is 0 Å². The highest BCUT2D eigenvalue weighted by molar-refractivity contribution is 6.74. The van der Waals surface area contributed by atoms with E-state index >= 15 is 0 Å². The molecule has 1 aliphatic carbocycles. The van der Waals surface area contributed by atoms with Gasteiger partial charge in [0.25, 0.3) is 0 Å². The van der Waals surface area contributed by atoms with Crippen molar-refractivity contribution in [2.24, 2.45) is 5.92 Å². The lowest BCUT2D eigenvalue weighted by molar-refractivity contribution is -0.139. The van der Waals surface area contributed by atoms with Gasteiger partial charge >= 0.3 is 5.97 Å². The SMILES string of the molecule is CC(C)(C)[Si](C)(C)OC(CC(=O)O)C1CC1. The van der Waals surface area contributed by atoms with Crippen LogP contribution in [0.5, 0.6) is 0 Å². The molecular formula is C12H24O3Si. The smallest absolute Gasteiger partial charge is 0.305 e. The van der Waals surface area contributed by atoms with E-state index < -0.39 is 14.3 Å². The maximum atomic E-state index is 10.8. The fraction of sp³-hybridized carbons (Fsp3) is 0.917. The number of hydrogen-bond donors (Lipinski definition) is 1. The minimum atomic E-state index is -1.82. The molecule has 1 aliphatic rings. The van der Waals surface area contributed by atoms with Crippen molar-refractivity contribution in [2.45, 2.75) is 64.3 Å². The van der Waals surface area contributed by atoms with Crippen LogP contribution in [-0.4, -0.2) is 25.5 Å². The Morgan fingerprint density at radius 2 is 1.94 bits per heavy atom. The Hall–Kier alpha value is -0.353. The van der Waals surface area contributed by atoms with E-state index in [-0.39, 0.29) is 17.6 Å². The molecule has 0 spiro atoms. The zero-order valence-electron chi connectivity index (χ0n) is 11.0. The summed E-state index contributed by atoms with van der Waals surface area (Å²) in [6, 6.07) is 0. The number of carbonyl (C=O) groups is 1. The van der Waals surface area contributed by atoms with Gasteiger partial charge in [-0.1, -0.05) is 20.8 Å². The molecule has 1 unspecified atom stereocenters. The summed E-state index contributed by atoms with van der Waals surface area (Å²) in [6.45, 7) is 10.9. The van der Waals surface area contributed by atoms with Crippen LogP contribution in [0.4, 0.5) is 0 Å². The summed E-state index contributed by atoms with van der Waals surface area (Å²) in [5.41, 5.74) is 0. The summed E-state index contributed by atoms with van der Waals surface area (Å²) >= 11 is 0. The molecule has 0 aromatic heterocycles. The third kappa shape index (κ3) is 3.59. The van der Waals surface area contributed by atoms with Gasteiger partial charge in [0.15, 0.2) is 8.32 Å². The normalized spacial score (nSPS) is 19.6. The van der Waals surface area contributed by atoms with Crippen molar-refractivity contribution in [3.05, 3.63) is 0 Å². The molecule has 1 fully saturated rings. The second kappa shape index (κ2) is 4.49. The van der Waals surface area contributed by atoms with Crippen LogP contribution in [0.25, 0.3) is 0 Å². The van der Waals surface area contributed by atoms with Crippen LogP contribution in [-0.2, 0) is 9.22 Å². The standard InChI is InChI=1S/C12H24O3Si/c1-12(2,3)16(4,5)15-10(8-11(13)14)9-6-7-9/h9-10H,6-8H2,1-5H3,(H,13,14). The predicted octanol–water partition coefficient (Wildman–Crippen LogP) is 3.26. The Labute approximate surface area is 99.3 Å². The van der Waals surface area contributed by atoms with E-state index in [4.69, 9.17) is 9.53 Å². The molecule has 1 N–H and O–H groups in total. The first-order valence-electron chi connectivity index (χ1n) is 6.03. The zero-order chi connectivity index (χ0) is 12.6. The average molecular weight is 244 g/mol. The van der Waals surface area contributed by atoms with Crippen LogP contribution in [0.3, 0.4) is 0 Å². The van der Waals surface area contributed by atoms with Crippen LogP contribution in [0.1, 0.15) is 40.0 Å². The summed E-state index contributed by atoms with van der Waals surface area (Å²) in [6.07, 6.45) is 2.37. The molecule has 0 aromatic rings. The number of hydrogen-bond acceptors (Lipinski definition) is 2. The molecule has 0 saturated heterocycles. The van der Waals surface area contributed by atoms with Crippen molar-refractivity contribution in [2.75, 3.05) is 0 Å². The average Bonchev–Trinajstić information content (AvgIpc) is 2.80. The van der Waals surface area contributed by atoms with Crippen molar-refractivity contribution in [3.8, 4) is 0 Å². The van der Waals surface area contributed by atoms with Crippen molar-refractivity contribution >= 4 is 14.3 Å². The summed E-state index contributed by atoms with van der Waals surface area (Å²) in [5, 5.41) is 9.05. The molecule has 1 atom stereocenters. The highest BCUT2D eigenvalue weighted by Crippen LogP contribution is 2.42. The third-order valence-electron chi connectivity index (χ3n) is 3.78. The zero-order valence-corrected chi connectivity index (χ0v) is 12.0. The largest absolute Gasteiger partial charge is 0.481 e. The number of carboxylic acid groups (broad SMARTS) is 1. The molecule has 0 heterocycles. The summed E-state index contributed by atoms with van der Waals surface area (Å²) in [4.78, 5) is 10.8. The first kappa shape index (κ1) is 13.7. The monoisotopic (exact) mass is 244 g/mol. The van der Waals surface area contributed by atoms with E-state index in [1.165, 1.54) is 0 Å². The molecule has 0 aliphatic heterocycles.